The molecule has 0 aliphatic heterocycles. The van der Waals surface area contributed by atoms with Gasteiger partial charge < -0.3 is 10.3 Å². The van der Waals surface area contributed by atoms with Gasteiger partial charge in [0.2, 0.25) is 0 Å². The summed E-state index contributed by atoms with van der Waals surface area (Å²) in [6, 6.07) is 3.74. The number of hydrogen-bond donors (Lipinski definition) is 1. The molecule has 1 unspecified atom stereocenters. The van der Waals surface area contributed by atoms with Crippen molar-refractivity contribution in [3.05, 3.63) is 47.3 Å². The van der Waals surface area contributed by atoms with Crippen molar-refractivity contribution in [1.82, 2.24) is 9.55 Å². The molecule has 18 heavy (non-hydrogen) atoms. The minimum atomic E-state index is -0.311. The van der Waals surface area contributed by atoms with Crippen LogP contribution in [0.15, 0.2) is 24.5 Å². The van der Waals surface area contributed by atoms with Crippen LogP contribution in [0.3, 0.4) is 0 Å². The number of nitrogens with zero attached hydrogens (tertiary/aromatic N) is 2. The van der Waals surface area contributed by atoms with E-state index in [1.165, 1.54) is 23.5 Å². The Labute approximate surface area is 105 Å². The number of nitrogens with two attached hydrogens (primary N) is 1. The highest BCUT2D eigenvalue weighted by Crippen LogP contribution is 2.32. The smallest absolute Gasteiger partial charge is 0.143 e. The molecule has 1 aliphatic carbocycles. The fourth-order valence-corrected chi connectivity index (χ4v) is 2.82. The number of halogens is 1. The molecule has 1 aliphatic rings. The quantitative estimate of drug-likeness (QED) is 0.839. The summed E-state index contributed by atoms with van der Waals surface area (Å²) >= 11 is 0. The zero-order valence-corrected chi connectivity index (χ0v) is 10.4. The normalized spacial score (nSPS) is 18.7. The molecule has 3 rings (SSSR count). The third kappa shape index (κ3) is 1.73. The van der Waals surface area contributed by atoms with Crippen molar-refractivity contribution in [3.8, 4) is 5.69 Å². The highest BCUT2D eigenvalue weighted by atomic mass is 19.1. The third-order valence-corrected chi connectivity index (χ3v) is 3.60. The Morgan fingerprint density at radius 2 is 2.22 bits per heavy atom. The van der Waals surface area contributed by atoms with Crippen LogP contribution in [0.25, 0.3) is 5.69 Å². The van der Waals surface area contributed by atoms with E-state index in [0.717, 1.165) is 30.6 Å². The van der Waals surface area contributed by atoms with Crippen molar-refractivity contribution >= 4 is 0 Å². The summed E-state index contributed by atoms with van der Waals surface area (Å²) in [5, 5.41) is 0. The van der Waals surface area contributed by atoms with E-state index in [1.54, 1.807) is 6.20 Å². The maximum absolute atomic E-state index is 13.3. The van der Waals surface area contributed by atoms with E-state index in [4.69, 9.17) is 5.73 Å². The lowest BCUT2D eigenvalue weighted by molar-refractivity contribution is 0.559. The zero-order chi connectivity index (χ0) is 12.7. The van der Waals surface area contributed by atoms with Crippen molar-refractivity contribution in [2.45, 2.75) is 32.2 Å². The molecule has 0 saturated heterocycles. The van der Waals surface area contributed by atoms with Crippen LogP contribution in [0.1, 0.15) is 35.8 Å². The summed E-state index contributed by atoms with van der Waals surface area (Å²) in [4.78, 5) is 3.92. The number of rotatable bonds is 1. The van der Waals surface area contributed by atoms with Gasteiger partial charge in [0.25, 0.3) is 0 Å². The molecule has 2 aromatic rings. The van der Waals surface area contributed by atoms with Crippen LogP contribution >= 0.6 is 0 Å². The van der Waals surface area contributed by atoms with Gasteiger partial charge in [-0.1, -0.05) is 0 Å². The van der Waals surface area contributed by atoms with Crippen LogP contribution in [-0.4, -0.2) is 9.55 Å². The maximum Gasteiger partial charge on any atom is 0.143 e. The number of pyridine rings is 1. The molecule has 0 bridgehead atoms. The van der Waals surface area contributed by atoms with Crippen LogP contribution in [0, 0.1) is 12.7 Å². The molecular formula is C14H16FN3. The average Bonchev–Trinajstić information content (AvgIpc) is 2.67. The van der Waals surface area contributed by atoms with Gasteiger partial charge in [-0.25, -0.2) is 4.39 Å². The largest absolute Gasteiger partial charge is 0.324 e. The first-order chi connectivity index (χ1) is 8.66. The Morgan fingerprint density at radius 3 is 3.00 bits per heavy atom. The molecule has 0 aromatic carbocycles. The van der Waals surface area contributed by atoms with E-state index in [1.807, 2.05) is 6.92 Å². The molecule has 94 valence electrons. The molecule has 1 atom stereocenters. The summed E-state index contributed by atoms with van der Waals surface area (Å²) in [6.07, 6.45) is 6.02. The molecule has 3 nitrogen and oxygen atoms in total. The maximum atomic E-state index is 13.3. The summed E-state index contributed by atoms with van der Waals surface area (Å²) in [6.45, 7) is 2.02. The van der Waals surface area contributed by atoms with Gasteiger partial charge in [-0.2, -0.15) is 0 Å². The van der Waals surface area contributed by atoms with E-state index in [9.17, 15) is 4.39 Å². The van der Waals surface area contributed by atoms with E-state index >= 15 is 0 Å². The second kappa shape index (κ2) is 4.21. The molecule has 0 fully saturated rings. The number of aromatic nitrogens is 2. The molecule has 0 saturated carbocycles. The van der Waals surface area contributed by atoms with E-state index in [0.29, 0.717) is 0 Å². The topological polar surface area (TPSA) is 43.8 Å². The van der Waals surface area contributed by atoms with Crippen LogP contribution in [0.5, 0.6) is 0 Å². The van der Waals surface area contributed by atoms with Crippen molar-refractivity contribution in [1.29, 1.82) is 0 Å². The van der Waals surface area contributed by atoms with Gasteiger partial charge in [0, 0.05) is 23.5 Å². The standard InChI is InChI=1S/C14H16FN3/c1-9-5-12-13(16)3-2-4-14(12)18(9)11-6-10(15)7-17-8-11/h5-8,13H,2-4,16H2,1H3. The zero-order valence-electron chi connectivity index (χ0n) is 10.4. The van der Waals surface area contributed by atoms with E-state index in [2.05, 4.69) is 15.6 Å². The Morgan fingerprint density at radius 1 is 1.39 bits per heavy atom. The van der Waals surface area contributed by atoms with Gasteiger partial charge in [0.1, 0.15) is 5.82 Å². The minimum absolute atomic E-state index is 0.107. The Balaban J connectivity index is 2.18. The molecule has 2 heterocycles. The highest BCUT2D eigenvalue weighted by Gasteiger charge is 2.22. The second-order valence-corrected chi connectivity index (χ2v) is 4.88. The molecule has 0 amide bonds. The second-order valence-electron chi connectivity index (χ2n) is 4.88. The molecule has 0 spiro atoms. The molecule has 2 aromatic heterocycles. The Hall–Kier alpha value is -1.68. The van der Waals surface area contributed by atoms with Crippen molar-refractivity contribution < 1.29 is 4.39 Å². The first-order valence-corrected chi connectivity index (χ1v) is 6.24. The van der Waals surface area contributed by atoms with Crippen molar-refractivity contribution in [3.63, 3.8) is 0 Å². The van der Waals surface area contributed by atoms with Crippen LogP contribution in [0.2, 0.25) is 0 Å². The predicted molar refractivity (Wildman–Crippen MR) is 68.1 cm³/mol. The summed E-state index contributed by atoms with van der Waals surface area (Å²) in [5.74, 6) is -0.311. The van der Waals surface area contributed by atoms with Gasteiger partial charge in [0.05, 0.1) is 18.1 Å². The van der Waals surface area contributed by atoms with Gasteiger partial charge >= 0.3 is 0 Å². The highest BCUT2D eigenvalue weighted by molar-refractivity contribution is 5.42. The molecular weight excluding hydrogens is 229 g/mol. The molecule has 2 N–H and O–H groups in total. The van der Waals surface area contributed by atoms with Crippen LogP contribution in [0.4, 0.5) is 4.39 Å². The third-order valence-electron chi connectivity index (χ3n) is 3.60. The lowest BCUT2D eigenvalue weighted by Gasteiger charge is -2.21. The van der Waals surface area contributed by atoms with Gasteiger partial charge in [-0.3, -0.25) is 4.98 Å². The monoisotopic (exact) mass is 245 g/mol. The van der Waals surface area contributed by atoms with Gasteiger partial charge in [-0.15, -0.1) is 0 Å². The average molecular weight is 245 g/mol. The number of aryl methyl sites for hydroxylation is 1. The predicted octanol–water partition coefficient (Wildman–Crippen LogP) is 2.66. The fraction of sp³-hybridized carbons (Fsp3) is 0.357. The Kier molecular flexibility index (Phi) is 2.67. The summed E-state index contributed by atoms with van der Waals surface area (Å²) < 4.78 is 15.4. The lowest BCUT2D eigenvalue weighted by Crippen LogP contribution is -2.18. The Bertz CT molecular complexity index is 589. The van der Waals surface area contributed by atoms with Crippen molar-refractivity contribution in [2.24, 2.45) is 5.73 Å². The first-order valence-electron chi connectivity index (χ1n) is 6.24. The first kappa shape index (κ1) is 11.4. The van der Waals surface area contributed by atoms with Crippen LogP contribution < -0.4 is 5.73 Å². The minimum Gasteiger partial charge on any atom is -0.324 e. The van der Waals surface area contributed by atoms with E-state index in [-0.39, 0.29) is 11.9 Å². The summed E-state index contributed by atoms with van der Waals surface area (Å²) in [5.41, 5.74) is 10.4. The number of hydrogen-bond acceptors (Lipinski definition) is 2. The summed E-state index contributed by atoms with van der Waals surface area (Å²) in [7, 11) is 0. The molecule has 4 heteroatoms. The van der Waals surface area contributed by atoms with Crippen molar-refractivity contribution in [2.75, 3.05) is 0 Å². The SMILES string of the molecule is Cc1cc2c(n1-c1cncc(F)c1)CCCC2N. The fourth-order valence-electron chi connectivity index (χ4n) is 2.82. The van der Waals surface area contributed by atoms with Gasteiger partial charge in [-0.05, 0) is 37.8 Å². The molecule has 0 radical (unpaired) electrons. The van der Waals surface area contributed by atoms with Crippen LogP contribution in [-0.2, 0) is 6.42 Å². The van der Waals surface area contributed by atoms with Gasteiger partial charge in [0.15, 0.2) is 0 Å². The van der Waals surface area contributed by atoms with E-state index < -0.39 is 0 Å². The lowest BCUT2D eigenvalue weighted by atomic mass is 9.93. The number of fused-ring (bicyclic) bond motifs is 1.